The first kappa shape index (κ1) is 17.6. The number of rotatable bonds is 4. The van der Waals surface area contributed by atoms with Crippen LogP contribution in [0.3, 0.4) is 0 Å². The number of methoxy groups -OCH3 is 1. The van der Waals surface area contributed by atoms with Gasteiger partial charge in [0.2, 0.25) is 0 Å². The SMILES string of the molecule is C=C(OC)c1ccc(Sc2c(Cl)cc(N)cc2C(F)(F)F)cc1. The van der Waals surface area contributed by atoms with Gasteiger partial charge in [-0.1, -0.05) is 42.1 Å². The van der Waals surface area contributed by atoms with Gasteiger partial charge in [0.15, 0.2) is 0 Å². The molecule has 7 heteroatoms. The summed E-state index contributed by atoms with van der Waals surface area (Å²) in [6, 6.07) is 8.98. The normalized spacial score (nSPS) is 11.3. The van der Waals surface area contributed by atoms with Crippen LogP contribution in [0.4, 0.5) is 18.9 Å². The molecule has 0 fully saturated rings. The maximum Gasteiger partial charge on any atom is 0.417 e. The number of ether oxygens (including phenoxy) is 1. The number of hydrogen-bond acceptors (Lipinski definition) is 3. The highest BCUT2D eigenvalue weighted by atomic mass is 35.5. The van der Waals surface area contributed by atoms with Crippen LogP contribution >= 0.6 is 23.4 Å². The fraction of sp³-hybridized carbons (Fsp3) is 0.125. The van der Waals surface area contributed by atoms with Crippen LogP contribution in [0.25, 0.3) is 5.76 Å². The van der Waals surface area contributed by atoms with E-state index in [0.717, 1.165) is 23.4 Å². The summed E-state index contributed by atoms with van der Waals surface area (Å²) < 4.78 is 44.5. The summed E-state index contributed by atoms with van der Waals surface area (Å²) in [5.41, 5.74) is 5.34. The van der Waals surface area contributed by atoms with E-state index < -0.39 is 11.7 Å². The molecule has 0 saturated heterocycles. The van der Waals surface area contributed by atoms with E-state index in [-0.39, 0.29) is 15.6 Å². The lowest BCUT2D eigenvalue weighted by Crippen LogP contribution is -2.08. The second-order valence-electron chi connectivity index (χ2n) is 4.63. The Labute approximate surface area is 141 Å². The molecule has 2 rings (SSSR count). The minimum absolute atomic E-state index is 0.0292. The summed E-state index contributed by atoms with van der Waals surface area (Å²) in [4.78, 5) is 0.529. The van der Waals surface area contributed by atoms with E-state index >= 15 is 0 Å². The van der Waals surface area contributed by atoms with Crippen LogP contribution in [-0.2, 0) is 10.9 Å². The number of nitrogen functional groups attached to an aromatic ring is 1. The molecule has 0 unspecified atom stereocenters. The van der Waals surface area contributed by atoms with Crippen molar-refractivity contribution in [2.45, 2.75) is 16.0 Å². The lowest BCUT2D eigenvalue weighted by molar-refractivity contribution is -0.139. The molecule has 2 aromatic rings. The molecule has 0 heterocycles. The molecule has 2 aromatic carbocycles. The highest BCUT2D eigenvalue weighted by Gasteiger charge is 2.35. The fourth-order valence-corrected chi connectivity index (χ4v) is 3.17. The van der Waals surface area contributed by atoms with Gasteiger partial charge < -0.3 is 10.5 Å². The summed E-state index contributed by atoms with van der Waals surface area (Å²) in [6.07, 6.45) is -4.54. The summed E-state index contributed by atoms with van der Waals surface area (Å²) in [5.74, 6) is 0.475. The van der Waals surface area contributed by atoms with Gasteiger partial charge in [-0.25, -0.2) is 0 Å². The van der Waals surface area contributed by atoms with Crippen molar-refractivity contribution in [3.05, 3.63) is 59.1 Å². The van der Waals surface area contributed by atoms with Crippen LogP contribution < -0.4 is 5.73 Å². The molecule has 0 aliphatic heterocycles. The van der Waals surface area contributed by atoms with Gasteiger partial charge in [0.25, 0.3) is 0 Å². The van der Waals surface area contributed by atoms with E-state index in [9.17, 15) is 13.2 Å². The average Bonchev–Trinajstić information content (AvgIpc) is 2.48. The number of alkyl halides is 3. The molecule has 0 amide bonds. The van der Waals surface area contributed by atoms with Gasteiger partial charge in [0.1, 0.15) is 5.76 Å². The molecule has 0 aromatic heterocycles. The number of halogens is 4. The van der Waals surface area contributed by atoms with E-state index in [1.165, 1.54) is 13.2 Å². The van der Waals surface area contributed by atoms with Crippen molar-refractivity contribution in [2.75, 3.05) is 12.8 Å². The van der Waals surface area contributed by atoms with Gasteiger partial charge in [0, 0.05) is 21.0 Å². The lowest BCUT2D eigenvalue weighted by atomic mass is 10.2. The Morgan fingerprint density at radius 3 is 2.35 bits per heavy atom. The van der Waals surface area contributed by atoms with Crippen LogP contribution in [0.15, 0.2) is 52.8 Å². The molecule has 2 N–H and O–H groups in total. The molecule has 0 saturated carbocycles. The van der Waals surface area contributed by atoms with Crippen LogP contribution in [0.5, 0.6) is 0 Å². The monoisotopic (exact) mass is 359 g/mol. The molecular formula is C16H13ClF3NOS. The van der Waals surface area contributed by atoms with Crippen molar-refractivity contribution < 1.29 is 17.9 Å². The highest BCUT2D eigenvalue weighted by molar-refractivity contribution is 7.99. The zero-order valence-electron chi connectivity index (χ0n) is 12.1. The molecule has 0 radical (unpaired) electrons. The summed E-state index contributed by atoms with van der Waals surface area (Å²) in [5, 5.41) is -0.0345. The fourth-order valence-electron chi connectivity index (χ4n) is 1.87. The minimum atomic E-state index is -4.54. The van der Waals surface area contributed by atoms with Crippen molar-refractivity contribution in [3.63, 3.8) is 0 Å². The second kappa shape index (κ2) is 6.76. The zero-order valence-corrected chi connectivity index (χ0v) is 13.6. The van der Waals surface area contributed by atoms with E-state index in [4.69, 9.17) is 22.1 Å². The van der Waals surface area contributed by atoms with Crippen molar-refractivity contribution in [1.29, 1.82) is 0 Å². The van der Waals surface area contributed by atoms with Crippen LogP contribution in [0, 0.1) is 0 Å². The molecule has 2 nitrogen and oxygen atoms in total. The topological polar surface area (TPSA) is 35.2 Å². The molecular weight excluding hydrogens is 347 g/mol. The molecule has 0 aliphatic carbocycles. The van der Waals surface area contributed by atoms with Gasteiger partial charge in [-0.3, -0.25) is 0 Å². The van der Waals surface area contributed by atoms with Gasteiger partial charge in [-0.2, -0.15) is 13.2 Å². The first-order chi connectivity index (χ1) is 10.7. The van der Waals surface area contributed by atoms with E-state index in [1.807, 2.05) is 0 Å². The van der Waals surface area contributed by atoms with Crippen LogP contribution in [-0.4, -0.2) is 7.11 Å². The number of benzene rings is 2. The molecule has 0 spiro atoms. The standard InChI is InChI=1S/C16H13ClF3NOS/c1-9(22-2)10-3-5-12(6-4-10)23-15-13(16(18,19)20)7-11(21)8-14(15)17/h3-8H,1,21H2,2H3. The smallest absolute Gasteiger partial charge is 0.417 e. The Morgan fingerprint density at radius 2 is 1.83 bits per heavy atom. The van der Waals surface area contributed by atoms with Crippen molar-refractivity contribution in [3.8, 4) is 0 Å². The summed E-state index contributed by atoms with van der Waals surface area (Å²) in [6.45, 7) is 3.71. The highest BCUT2D eigenvalue weighted by Crippen LogP contribution is 2.44. The Kier molecular flexibility index (Phi) is 5.16. The Morgan fingerprint density at radius 1 is 1.22 bits per heavy atom. The largest absolute Gasteiger partial charge is 0.497 e. The van der Waals surface area contributed by atoms with Crippen LogP contribution in [0.2, 0.25) is 5.02 Å². The number of anilines is 1. The van der Waals surface area contributed by atoms with Crippen molar-refractivity contribution in [2.24, 2.45) is 0 Å². The minimum Gasteiger partial charge on any atom is -0.497 e. The predicted molar refractivity (Wildman–Crippen MR) is 87.5 cm³/mol. The summed E-state index contributed by atoms with van der Waals surface area (Å²) in [7, 11) is 1.49. The zero-order chi connectivity index (χ0) is 17.2. The third kappa shape index (κ3) is 4.14. The van der Waals surface area contributed by atoms with Gasteiger partial charge in [0.05, 0.1) is 17.7 Å². The van der Waals surface area contributed by atoms with Gasteiger partial charge >= 0.3 is 6.18 Å². The molecule has 0 atom stereocenters. The Hall–Kier alpha value is -1.79. The third-order valence-electron chi connectivity index (χ3n) is 3.01. The Balaban J connectivity index is 2.38. The van der Waals surface area contributed by atoms with Crippen LogP contribution in [0.1, 0.15) is 11.1 Å². The second-order valence-corrected chi connectivity index (χ2v) is 6.12. The first-order valence-electron chi connectivity index (χ1n) is 6.39. The predicted octanol–water partition coefficient (Wildman–Crippen LogP) is 5.71. The van der Waals surface area contributed by atoms with Gasteiger partial charge in [-0.05, 0) is 24.3 Å². The maximum atomic E-state index is 13.2. The molecule has 23 heavy (non-hydrogen) atoms. The first-order valence-corrected chi connectivity index (χ1v) is 7.59. The van der Waals surface area contributed by atoms with Gasteiger partial charge in [-0.15, -0.1) is 0 Å². The van der Waals surface area contributed by atoms with E-state index in [0.29, 0.717) is 10.7 Å². The Bertz CT molecular complexity index is 729. The van der Waals surface area contributed by atoms with E-state index in [1.54, 1.807) is 24.3 Å². The number of nitrogens with two attached hydrogens (primary N) is 1. The van der Waals surface area contributed by atoms with Crippen molar-refractivity contribution >= 4 is 34.8 Å². The quantitative estimate of drug-likeness (QED) is 0.561. The molecule has 122 valence electrons. The molecule has 0 aliphatic rings. The summed E-state index contributed by atoms with van der Waals surface area (Å²) >= 11 is 6.89. The third-order valence-corrected chi connectivity index (χ3v) is 4.58. The molecule has 0 bridgehead atoms. The van der Waals surface area contributed by atoms with E-state index in [2.05, 4.69) is 6.58 Å². The number of hydrogen-bond donors (Lipinski definition) is 1. The maximum absolute atomic E-state index is 13.2. The van der Waals surface area contributed by atoms with Crippen molar-refractivity contribution in [1.82, 2.24) is 0 Å². The average molecular weight is 360 g/mol. The lowest BCUT2D eigenvalue weighted by Gasteiger charge is -2.15.